The van der Waals surface area contributed by atoms with Crippen molar-refractivity contribution < 1.29 is 28.6 Å². The van der Waals surface area contributed by atoms with E-state index in [0.29, 0.717) is 19.3 Å². The van der Waals surface area contributed by atoms with Crippen LogP contribution in [0.1, 0.15) is 310 Å². The normalized spacial score (nSPS) is 12.3. The van der Waals surface area contributed by atoms with Crippen molar-refractivity contribution in [3.8, 4) is 0 Å². The Morgan fingerprint density at radius 2 is 0.529 bits per heavy atom. The van der Waals surface area contributed by atoms with Crippen LogP contribution in [0.25, 0.3) is 0 Å². The zero-order chi connectivity index (χ0) is 49.3. The largest absolute Gasteiger partial charge is 0.462 e. The Bertz CT molecular complexity index is 1190. The first-order valence-electron chi connectivity index (χ1n) is 29.6. The van der Waals surface area contributed by atoms with Gasteiger partial charge in [0.15, 0.2) is 6.10 Å². The van der Waals surface area contributed by atoms with Crippen molar-refractivity contribution in [2.45, 2.75) is 316 Å². The molecule has 0 aliphatic rings. The molecule has 0 aliphatic heterocycles. The lowest BCUT2D eigenvalue weighted by molar-refractivity contribution is -0.167. The van der Waals surface area contributed by atoms with Crippen molar-refractivity contribution in [2.75, 3.05) is 13.2 Å². The van der Waals surface area contributed by atoms with Gasteiger partial charge in [-0.05, 0) is 83.5 Å². The second-order valence-corrected chi connectivity index (χ2v) is 19.9. The molecule has 0 radical (unpaired) electrons. The monoisotopic (exact) mass is 953 g/mol. The molecule has 0 bridgehead atoms. The molecule has 0 unspecified atom stereocenters. The first-order valence-corrected chi connectivity index (χ1v) is 29.6. The fourth-order valence-corrected chi connectivity index (χ4v) is 8.56. The molecule has 0 aromatic rings. The lowest BCUT2D eigenvalue weighted by atomic mass is 10.0. The number of rotatable bonds is 54. The van der Waals surface area contributed by atoms with Crippen LogP contribution in [0, 0.1) is 0 Å². The highest BCUT2D eigenvalue weighted by Gasteiger charge is 2.19. The van der Waals surface area contributed by atoms with Crippen LogP contribution in [0.15, 0.2) is 48.6 Å². The Hall–Kier alpha value is -2.63. The summed E-state index contributed by atoms with van der Waals surface area (Å²) in [6, 6.07) is 0. The zero-order valence-electron chi connectivity index (χ0n) is 45.4. The topological polar surface area (TPSA) is 78.9 Å². The van der Waals surface area contributed by atoms with E-state index in [1.54, 1.807) is 0 Å². The molecule has 0 fully saturated rings. The van der Waals surface area contributed by atoms with Crippen molar-refractivity contribution in [3.63, 3.8) is 0 Å². The summed E-state index contributed by atoms with van der Waals surface area (Å²) in [4.78, 5) is 38.2. The second-order valence-electron chi connectivity index (χ2n) is 19.9. The van der Waals surface area contributed by atoms with E-state index in [4.69, 9.17) is 14.2 Å². The standard InChI is InChI=1S/C62H112O6/c1-4-7-10-13-16-19-22-25-28-30-32-34-37-40-43-46-49-52-55-61(64)67-58-59(57-66-60(63)54-51-48-45-42-39-36-33-27-24-21-18-15-12-9-6-3)68-62(65)56-53-50-47-44-41-38-35-31-29-26-23-20-17-14-11-8-5-2/h17,20,26-27,29,33,35,38,59H,4-16,18-19,21-25,28,30-32,34,36-37,39-58H2,1-3H3/b20-17-,29-26-,33-27-,38-35-/t59-/m1/s1. The molecule has 0 spiro atoms. The molecule has 396 valence electrons. The minimum Gasteiger partial charge on any atom is -0.462 e. The average molecular weight is 954 g/mol. The molecule has 0 N–H and O–H groups in total. The molecule has 0 aliphatic carbocycles. The Morgan fingerprint density at radius 3 is 0.868 bits per heavy atom. The number of hydrogen-bond acceptors (Lipinski definition) is 6. The summed E-state index contributed by atoms with van der Waals surface area (Å²) in [6.07, 6.45) is 69.6. The maximum Gasteiger partial charge on any atom is 0.306 e. The number of esters is 3. The van der Waals surface area contributed by atoms with E-state index in [1.165, 1.54) is 180 Å². The van der Waals surface area contributed by atoms with Gasteiger partial charge in [0.1, 0.15) is 13.2 Å². The van der Waals surface area contributed by atoms with Gasteiger partial charge in [0.25, 0.3) is 0 Å². The molecule has 0 amide bonds. The van der Waals surface area contributed by atoms with Gasteiger partial charge < -0.3 is 14.2 Å². The van der Waals surface area contributed by atoms with Crippen molar-refractivity contribution in [3.05, 3.63) is 48.6 Å². The molecule has 68 heavy (non-hydrogen) atoms. The Morgan fingerprint density at radius 1 is 0.294 bits per heavy atom. The van der Waals surface area contributed by atoms with Crippen LogP contribution in [0.2, 0.25) is 0 Å². The Balaban J connectivity index is 4.39. The highest BCUT2D eigenvalue weighted by molar-refractivity contribution is 5.71. The summed E-state index contributed by atoms with van der Waals surface area (Å²) in [6.45, 7) is 6.62. The number of carbonyl (C=O) groups is 3. The molecular weight excluding hydrogens is 841 g/mol. The van der Waals surface area contributed by atoms with Crippen molar-refractivity contribution >= 4 is 17.9 Å². The molecule has 6 nitrogen and oxygen atoms in total. The maximum atomic E-state index is 12.9. The lowest BCUT2D eigenvalue weighted by Crippen LogP contribution is -2.30. The van der Waals surface area contributed by atoms with Crippen LogP contribution in [0.5, 0.6) is 0 Å². The van der Waals surface area contributed by atoms with Gasteiger partial charge in [0.05, 0.1) is 0 Å². The molecule has 6 heteroatoms. The maximum absolute atomic E-state index is 12.9. The van der Waals surface area contributed by atoms with Crippen LogP contribution < -0.4 is 0 Å². The number of unbranched alkanes of at least 4 members (excludes halogenated alkanes) is 35. The van der Waals surface area contributed by atoms with Crippen LogP contribution in [0.4, 0.5) is 0 Å². The van der Waals surface area contributed by atoms with E-state index in [1.807, 2.05) is 0 Å². The van der Waals surface area contributed by atoms with Gasteiger partial charge in [-0.15, -0.1) is 0 Å². The lowest BCUT2D eigenvalue weighted by Gasteiger charge is -2.18. The second kappa shape index (κ2) is 57.0. The molecule has 0 aromatic carbocycles. The smallest absolute Gasteiger partial charge is 0.306 e. The third-order valence-electron chi connectivity index (χ3n) is 13.1. The predicted molar refractivity (Wildman–Crippen MR) is 293 cm³/mol. The van der Waals surface area contributed by atoms with Gasteiger partial charge in [0, 0.05) is 19.3 Å². The van der Waals surface area contributed by atoms with E-state index in [2.05, 4.69) is 69.4 Å². The van der Waals surface area contributed by atoms with Gasteiger partial charge >= 0.3 is 17.9 Å². The van der Waals surface area contributed by atoms with Gasteiger partial charge in [-0.3, -0.25) is 14.4 Å². The van der Waals surface area contributed by atoms with Gasteiger partial charge in [-0.25, -0.2) is 0 Å². The summed E-state index contributed by atoms with van der Waals surface area (Å²) >= 11 is 0. The molecule has 0 aromatic heterocycles. The van der Waals surface area contributed by atoms with E-state index < -0.39 is 6.10 Å². The first kappa shape index (κ1) is 65.4. The number of ether oxygens (including phenoxy) is 3. The number of allylic oxidation sites excluding steroid dienone is 8. The van der Waals surface area contributed by atoms with E-state index in [9.17, 15) is 14.4 Å². The molecule has 0 saturated heterocycles. The summed E-state index contributed by atoms with van der Waals surface area (Å²) < 4.78 is 16.9. The third kappa shape index (κ3) is 54.3. The van der Waals surface area contributed by atoms with E-state index in [0.717, 1.165) is 89.9 Å². The molecule has 0 heterocycles. The fourth-order valence-electron chi connectivity index (χ4n) is 8.56. The van der Waals surface area contributed by atoms with Crippen molar-refractivity contribution in [1.29, 1.82) is 0 Å². The van der Waals surface area contributed by atoms with E-state index in [-0.39, 0.29) is 31.1 Å². The third-order valence-corrected chi connectivity index (χ3v) is 13.1. The van der Waals surface area contributed by atoms with Gasteiger partial charge in [-0.1, -0.05) is 256 Å². The minimum atomic E-state index is -0.786. The summed E-state index contributed by atoms with van der Waals surface area (Å²) in [5.74, 6) is -0.896. The quantitative estimate of drug-likeness (QED) is 0.0262. The molecule has 0 saturated carbocycles. The highest BCUT2D eigenvalue weighted by Crippen LogP contribution is 2.16. The van der Waals surface area contributed by atoms with E-state index >= 15 is 0 Å². The first-order chi connectivity index (χ1) is 33.5. The van der Waals surface area contributed by atoms with Crippen LogP contribution >= 0.6 is 0 Å². The molecular formula is C62H112O6. The molecule has 1 atom stereocenters. The summed E-state index contributed by atoms with van der Waals surface area (Å²) in [5, 5.41) is 0. The Labute approximate surface area is 422 Å². The summed E-state index contributed by atoms with van der Waals surface area (Å²) in [7, 11) is 0. The Kier molecular flexibility index (Phi) is 54.8. The van der Waals surface area contributed by atoms with Gasteiger partial charge in [0.2, 0.25) is 0 Å². The van der Waals surface area contributed by atoms with Crippen molar-refractivity contribution in [2.24, 2.45) is 0 Å². The van der Waals surface area contributed by atoms with Crippen LogP contribution in [-0.4, -0.2) is 37.2 Å². The minimum absolute atomic E-state index is 0.0818. The number of hydrogen-bond donors (Lipinski definition) is 0. The average Bonchev–Trinajstić information content (AvgIpc) is 3.34. The van der Waals surface area contributed by atoms with Gasteiger partial charge in [-0.2, -0.15) is 0 Å². The fraction of sp³-hybridized carbons (Fsp3) is 0.823. The molecule has 0 rings (SSSR count). The zero-order valence-corrected chi connectivity index (χ0v) is 45.4. The highest BCUT2D eigenvalue weighted by atomic mass is 16.6. The number of carbonyl (C=O) groups excluding carboxylic acids is 3. The van der Waals surface area contributed by atoms with Crippen LogP contribution in [-0.2, 0) is 28.6 Å². The SMILES string of the molecule is CCCCC/C=C\C/C=C\C/C=C\CCCCCCC(=O)O[C@H](COC(=O)CCCCCCC/C=C\CCCCCCCC)COC(=O)CCCCCCCCCCCCCCCCCCCC. The van der Waals surface area contributed by atoms with Crippen LogP contribution in [0.3, 0.4) is 0 Å². The predicted octanol–water partition coefficient (Wildman–Crippen LogP) is 19.8. The summed E-state index contributed by atoms with van der Waals surface area (Å²) in [5.41, 5.74) is 0. The van der Waals surface area contributed by atoms with Crippen molar-refractivity contribution in [1.82, 2.24) is 0 Å².